The molecule has 1 aliphatic rings. The highest BCUT2D eigenvalue weighted by atomic mass is 32.2. The summed E-state index contributed by atoms with van der Waals surface area (Å²) in [7, 11) is 1.96. The molecule has 1 aromatic heterocycles. The van der Waals surface area contributed by atoms with Gasteiger partial charge in [-0.3, -0.25) is 0 Å². The first-order valence-corrected chi connectivity index (χ1v) is 8.12. The largest absolute Gasteiger partial charge is 0.340 e. The molecular formula is C15H23N3S. The predicted octanol–water partition coefficient (Wildman–Crippen LogP) is 2.97. The highest BCUT2D eigenvalue weighted by Crippen LogP contribution is 2.30. The summed E-state index contributed by atoms with van der Waals surface area (Å²) >= 11 is 2.08. The number of nitrogens with one attached hydrogen (secondary N) is 1. The Morgan fingerprint density at radius 2 is 2.32 bits per heavy atom. The van der Waals surface area contributed by atoms with E-state index >= 15 is 0 Å². The van der Waals surface area contributed by atoms with Crippen molar-refractivity contribution in [2.24, 2.45) is 7.05 Å². The van der Waals surface area contributed by atoms with Crippen molar-refractivity contribution in [3.63, 3.8) is 0 Å². The molecule has 0 bridgehead atoms. The van der Waals surface area contributed by atoms with Gasteiger partial charge >= 0.3 is 0 Å². The van der Waals surface area contributed by atoms with Crippen molar-refractivity contribution in [1.82, 2.24) is 9.88 Å². The van der Waals surface area contributed by atoms with Crippen LogP contribution in [-0.4, -0.2) is 21.6 Å². The Hall–Kier alpha value is -0.920. The summed E-state index contributed by atoms with van der Waals surface area (Å²) in [5.74, 6) is 1.20. The number of nitriles is 1. The Balaban J connectivity index is 1.97. The molecule has 1 N–H and O–H groups in total. The molecule has 0 aliphatic heterocycles. The van der Waals surface area contributed by atoms with Gasteiger partial charge in [-0.1, -0.05) is 13.3 Å². The molecule has 0 radical (unpaired) electrons. The van der Waals surface area contributed by atoms with Crippen LogP contribution < -0.4 is 5.32 Å². The lowest BCUT2D eigenvalue weighted by Crippen LogP contribution is -2.33. The standard InChI is InChI=1S/C15H23N3S/c1-4-19-15-7-5-6-14(15)17-10-12-8-13(9-16)18(3)11(12)2/h8,14-15,17H,4-7,10H2,1-3H3. The molecule has 2 unspecified atom stereocenters. The third-order valence-electron chi connectivity index (χ3n) is 4.14. The van der Waals surface area contributed by atoms with Gasteiger partial charge in [0.15, 0.2) is 0 Å². The van der Waals surface area contributed by atoms with Gasteiger partial charge in [0.05, 0.1) is 0 Å². The van der Waals surface area contributed by atoms with E-state index in [4.69, 9.17) is 5.26 Å². The normalized spacial score (nSPS) is 22.6. The summed E-state index contributed by atoms with van der Waals surface area (Å²) in [6, 6.07) is 4.89. The molecule has 1 fully saturated rings. The lowest BCUT2D eigenvalue weighted by atomic mass is 10.2. The number of nitrogens with zero attached hydrogens (tertiary/aromatic N) is 2. The molecule has 0 aromatic carbocycles. The van der Waals surface area contributed by atoms with Gasteiger partial charge in [0.2, 0.25) is 0 Å². The van der Waals surface area contributed by atoms with Crippen molar-refractivity contribution in [3.8, 4) is 6.07 Å². The van der Waals surface area contributed by atoms with E-state index < -0.39 is 0 Å². The van der Waals surface area contributed by atoms with Crippen LogP contribution in [0.25, 0.3) is 0 Å². The monoisotopic (exact) mass is 277 g/mol. The number of aromatic nitrogens is 1. The number of thioether (sulfide) groups is 1. The topological polar surface area (TPSA) is 40.8 Å². The van der Waals surface area contributed by atoms with Gasteiger partial charge in [-0.2, -0.15) is 17.0 Å². The minimum absolute atomic E-state index is 0.634. The zero-order chi connectivity index (χ0) is 13.8. The molecule has 0 saturated heterocycles. The van der Waals surface area contributed by atoms with Gasteiger partial charge in [0.25, 0.3) is 0 Å². The van der Waals surface area contributed by atoms with Crippen molar-refractivity contribution in [2.45, 2.75) is 50.9 Å². The molecule has 4 heteroatoms. The lowest BCUT2D eigenvalue weighted by molar-refractivity contribution is 0.530. The maximum atomic E-state index is 9.05. The van der Waals surface area contributed by atoms with E-state index in [2.05, 4.69) is 37.0 Å². The summed E-state index contributed by atoms with van der Waals surface area (Å²) in [5, 5.41) is 13.5. The fraction of sp³-hybridized carbons (Fsp3) is 0.667. The van der Waals surface area contributed by atoms with Crippen LogP contribution in [0.2, 0.25) is 0 Å². The van der Waals surface area contributed by atoms with E-state index in [1.165, 1.54) is 36.3 Å². The van der Waals surface area contributed by atoms with Crippen molar-refractivity contribution < 1.29 is 0 Å². The van der Waals surface area contributed by atoms with E-state index in [1.807, 2.05) is 17.7 Å². The molecular weight excluding hydrogens is 254 g/mol. The molecule has 1 aromatic rings. The first kappa shape index (κ1) is 14.5. The second-order valence-corrected chi connectivity index (χ2v) is 6.74. The number of hydrogen-bond donors (Lipinski definition) is 1. The van der Waals surface area contributed by atoms with Crippen LogP contribution in [0.5, 0.6) is 0 Å². The second kappa shape index (κ2) is 6.49. The number of rotatable bonds is 5. The molecule has 0 spiro atoms. The van der Waals surface area contributed by atoms with Crippen LogP contribution in [0.3, 0.4) is 0 Å². The minimum atomic E-state index is 0.634. The number of hydrogen-bond acceptors (Lipinski definition) is 3. The summed E-state index contributed by atoms with van der Waals surface area (Å²) in [5.41, 5.74) is 3.20. The van der Waals surface area contributed by atoms with Crippen molar-refractivity contribution in [3.05, 3.63) is 23.0 Å². The predicted molar refractivity (Wildman–Crippen MR) is 81.3 cm³/mol. The van der Waals surface area contributed by atoms with Crippen molar-refractivity contribution in [1.29, 1.82) is 5.26 Å². The minimum Gasteiger partial charge on any atom is -0.340 e. The van der Waals surface area contributed by atoms with Crippen LogP contribution in [0, 0.1) is 18.3 Å². The van der Waals surface area contributed by atoms with Crippen molar-refractivity contribution in [2.75, 3.05) is 5.75 Å². The Bertz CT molecular complexity index is 472. The van der Waals surface area contributed by atoms with Crippen LogP contribution in [0.1, 0.15) is 43.1 Å². The molecule has 3 nitrogen and oxygen atoms in total. The van der Waals surface area contributed by atoms with Crippen LogP contribution in [0.4, 0.5) is 0 Å². The van der Waals surface area contributed by atoms with Crippen LogP contribution >= 0.6 is 11.8 Å². The highest BCUT2D eigenvalue weighted by Gasteiger charge is 2.26. The fourth-order valence-electron chi connectivity index (χ4n) is 2.86. The van der Waals surface area contributed by atoms with Crippen molar-refractivity contribution >= 4 is 11.8 Å². The van der Waals surface area contributed by atoms with E-state index in [1.54, 1.807) is 0 Å². The average Bonchev–Trinajstić information content (AvgIpc) is 2.95. The molecule has 2 atom stereocenters. The zero-order valence-corrected chi connectivity index (χ0v) is 12.9. The molecule has 0 amide bonds. The van der Waals surface area contributed by atoms with E-state index in [-0.39, 0.29) is 0 Å². The SMILES string of the molecule is CCSC1CCCC1NCc1cc(C#N)n(C)c1C. The fourth-order valence-corrected chi connectivity index (χ4v) is 4.09. The third kappa shape index (κ3) is 3.16. The van der Waals surface area contributed by atoms with Gasteiger partial charge in [0.1, 0.15) is 11.8 Å². The first-order valence-electron chi connectivity index (χ1n) is 7.07. The Morgan fingerprint density at radius 3 is 2.95 bits per heavy atom. The third-order valence-corrected chi connectivity index (χ3v) is 5.47. The van der Waals surface area contributed by atoms with E-state index in [0.717, 1.165) is 17.5 Å². The van der Waals surface area contributed by atoms with Gasteiger partial charge in [0, 0.05) is 30.6 Å². The summed E-state index contributed by atoms with van der Waals surface area (Å²) in [6.07, 6.45) is 3.97. The summed E-state index contributed by atoms with van der Waals surface area (Å²) < 4.78 is 1.98. The highest BCUT2D eigenvalue weighted by molar-refractivity contribution is 7.99. The van der Waals surface area contributed by atoms with Gasteiger partial charge in [-0.05, 0) is 37.1 Å². The Labute approximate surface area is 120 Å². The van der Waals surface area contributed by atoms with E-state index in [9.17, 15) is 0 Å². The molecule has 1 aliphatic carbocycles. The van der Waals surface area contributed by atoms with Crippen LogP contribution in [-0.2, 0) is 13.6 Å². The molecule has 19 heavy (non-hydrogen) atoms. The summed E-state index contributed by atoms with van der Waals surface area (Å²) in [6.45, 7) is 5.21. The quantitative estimate of drug-likeness (QED) is 0.899. The molecule has 104 valence electrons. The average molecular weight is 277 g/mol. The van der Waals surface area contributed by atoms with Gasteiger partial charge in [-0.25, -0.2) is 0 Å². The maximum absolute atomic E-state index is 9.05. The Kier molecular flexibility index (Phi) is 4.95. The first-order chi connectivity index (χ1) is 9.17. The van der Waals surface area contributed by atoms with Crippen LogP contribution in [0.15, 0.2) is 6.07 Å². The second-order valence-electron chi connectivity index (χ2n) is 5.22. The molecule has 2 rings (SSSR count). The smallest absolute Gasteiger partial charge is 0.120 e. The van der Waals surface area contributed by atoms with Gasteiger partial charge in [-0.15, -0.1) is 0 Å². The molecule has 1 saturated carbocycles. The van der Waals surface area contributed by atoms with E-state index in [0.29, 0.717) is 6.04 Å². The maximum Gasteiger partial charge on any atom is 0.120 e. The lowest BCUT2D eigenvalue weighted by Gasteiger charge is -2.20. The van der Waals surface area contributed by atoms with Gasteiger partial charge < -0.3 is 9.88 Å². The molecule has 1 heterocycles. The summed E-state index contributed by atoms with van der Waals surface area (Å²) in [4.78, 5) is 0. The Morgan fingerprint density at radius 1 is 1.53 bits per heavy atom. The zero-order valence-electron chi connectivity index (χ0n) is 12.1.